The van der Waals surface area contributed by atoms with E-state index in [2.05, 4.69) is 5.32 Å². The summed E-state index contributed by atoms with van der Waals surface area (Å²) < 4.78 is 5.15. The van der Waals surface area contributed by atoms with E-state index in [0.717, 1.165) is 0 Å². The second kappa shape index (κ2) is 6.23. The lowest BCUT2D eigenvalue weighted by Crippen LogP contribution is -2.27. The highest BCUT2D eigenvalue weighted by Gasteiger charge is 2.17. The van der Waals surface area contributed by atoms with E-state index in [1.54, 1.807) is 26.8 Å². The molecule has 0 atom stereocenters. The molecule has 1 amide bonds. The van der Waals surface area contributed by atoms with Gasteiger partial charge in [0.2, 0.25) is 0 Å². The van der Waals surface area contributed by atoms with Crippen LogP contribution in [0.1, 0.15) is 33.3 Å². The highest BCUT2D eigenvalue weighted by Crippen LogP contribution is 2.23. The molecule has 0 aliphatic heterocycles. The molecule has 5 nitrogen and oxygen atoms in total. The number of phenols is 1. The second-order valence-electron chi connectivity index (χ2n) is 5.34. The van der Waals surface area contributed by atoms with Crippen molar-refractivity contribution in [2.75, 3.05) is 5.32 Å². The van der Waals surface area contributed by atoms with Crippen molar-refractivity contribution in [1.29, 1.82) is 0 Å². The molecule has 2 N–H and O–H groups in total. The number of hydrogen-bond acceptors (Lipinski definition) is 4. The summed E-state index contributed by atoms with van der Waals surface area (Å²) in [5, 5.41) is 12.0. The smallest absolute Gasteiger partial charge is 0.412 e. The number of carbonyl (C=O) groups is 2. The van der Waals surface area contributed by atoms with Gasteiger partial charge in [0, 0.05) is 5.56 Å². The van der Waals surface area contributed by atoms with Gasteiger partial charge in [-0.25, -0.2) is 4.79 Å². The van der Waals surface area contributed by atoms with E-state index in [1.165, 1.54) is 31.2 Å². The highest BCUT2D eigenvalue weighted by atomic mass is 16.6. The predicted octanol–water partition coefficient (Wildman–Crippen LogP) is 3.34. The molecule has 0 saturated carbocycles. The normalized spacial score (nSPS) is 11.4. The minimum Gasteiger partial charge on any atom is -0.508 e. The van der Waals surface area contributed by atoms with E-state index in [4.69, 9.17) is 4.74 Å². The van der Waals surface area contributed by atoms with Crippen molar-refractivity contribution >= 4 is 23.6 Å². The number of benzene rings is 1. The number of rotatable bonds is 3. The molecule has 1 aromatic carbocycles. The van der Waals surface area contributed by atoms with Gasteiger partial charge in [0.25, 0.3) is 0 Å². The van der Waals surface area contributed by atoms with Crippen LogP contribution in [0, 0.1) is 0 Å². The van der Waals surface area contributed by atoms with Crippen LogP contribution >= 0.6 is 0 Å². The summed E-state index contributed by atoms with van der Waals surface area (Å²) in [6.45, 7) is 6.71. The minimum atomic E-state index is -0.601. The fourth-order valence-corrected chi connectivity index (χ4v) is 1.42. The van der Waals surface area contributed by atoms with Crippen LogP contribution in [0.2, 0.25) is 0 Å². The Labute approximate surface area is 118 Å². The van der Waals surface area contributed by atoms with Gasteiger partial charge in [0.1, 0.15) is 11.4 Å². The first-order valence-corrected chi connectivity index (χ1v) is 6.19. The van der Waals surface area contributed by atoms with Gasteiger partial charge in [-0.1, -0.05) is 0 Å². The molecule has 0 saturated heterocycles. The molecular formula is C15H19NO4. The summed E-state index contributed by atoms with van der Waals surface area (Å²) in [6, 6.07) is 4.43. The summed E-state index contributed by atoms with van der Waals surface area (Å²) in [5.74, 6) is -0.0838. The molecule has 0 aliphatic carbocycles. The van der Waals surface area contributed by atoms with Crippen LogP contribution < -0.4 is 5.32 Å². The predicted molar refractivity (Wildman–Crippen MR) is 77.7 cm³/mol. The van der Waals surface area contributed by atoms with Gasteiger partial charge in [-0.3, -0.25) is 10.1 Å². The van der Waals surface area contributed by atoms with Crippen molar-refractivity contribution in [2.24, 2.45) is 0 Å². The Balaban J connectivity index is 2.94. The lowest BCUT2D eigenvalue weighted by atomic mass is 10.1. The first kappa shape index (κ1) is 15.8. The summed E-state index contributed by atoms with van der Waals surface area (Å²) in [4.78, 5) is 22.7. The van der Waals surface area contributed by atoms with Crippen molar-refractivity contribution in [3.05, 3.63) is 29.8 Å². The zero-order valence-corrected chi connectivity index (χ0v) is 12.1. The molecule has 20 heavy (non-hydrogen) atoms. The first-order valence-electron chi connectivity index (χ1n) is 6.19. The maximum absolute atomic E-state index is 11.7. The van der Waals surface area contributed by atoms with E-state index < -0.39 is 11.7 Å². The molecule has 0 bridgehead atoms. The van der Waals surface area contributed by atoms with Gasteiger partial charge in [-0.15, -0.1) is 0 Å². The van der Waals surface area contributed by atoms with Crippen molar-refractivity contribution in [2.45, 2.75) is 33.3 Å². The molecule has 0 spiro atoms. The molecule has 0 unspecified atom stereocenters. The van der Waals surface area contributed by atoms with Crippen LogP contribution in [0.5, 0.6) is 5.75 Å². The van der Waals surface area contributed by atoms with E-state index >= 15 is 0 Å². The van der Waals surface area contributed by atoms with Crippen LogP contribution in [0.4, 0.5) is 10.5 Å². The van der Waals surface area contributed by atoms with Gasteiger partial charge < -0.3 is 9.84 Å². The molecule has 0 radical (unpaired) electrons. The number of nitrogens with one attached hydrogen (secondary N) is 1. The van der Waals surface area contributed by atoms with Crippen LogP contribution in [0.3, 0.4) is 0 Å². The average molecular weight is 277 g/mol. The fourth-order valence-electron chi connectivity index (χ4n) is 1.42. The second-order valence-corrected chi connectivity index (χ2v) is 5.34. The number of aromatic hydroxyl groups is 1. The van der Waals surface area contributed by atoms with Gasteiger partial charge >= 0.3 is 6.09 Å². The molecule has 108 valence electrons. The van der Waals surface area contributed by atoms with E-state index in [0.29, 0.717) is 11.3 Å². The topological polar surface area (TPSA) is 75.6 Å². The fraction of sp³-hybridized carbons (Fsp3) is 0.333. The first-order chi connectivity index (χ1) is 9.17. The Morgan fingerprint density at radius 3 is 2.50 bits per heavy atom. The lowest BCUT2D eigenvalue weighted by molar-refractivity contribution is -0.112. The lowest BCUT2D eigenvalue weighted by Gasteiger charge is -2.20. The standard InChI is InChI=1S/C15H19NO4/c1-10(17)5-6-11-9-12(18)7-8-13(11)16-14(19)20-15(2,3)4/h5-9,18H,1-4H3,(H,16,19)/b6-5+. The molecule has 0 aromatic heterocycles. The van der Waals surface area contributed by atoms with E-state index in [9.17, 15) is 14.7 Å². The quantitative estimate of drug-likeness (QED) is 0.656. The van der Waals surface area contributed by atoms with Crippen LogP contribution in [0.15, 0.2) is 24.3 Å². The third-order valence-corrected chi connectivity index (χ3v) is 2.17. The van der Waals surface area contributed by atoms with Crippen molar-refractivity contribution < 1.29 is 19.4 Å². The molecule has 0 heterocycles. The molecule has 0 aliphatic rings. The van der Waals surface area contributed by atoms with Gasteiger partial charge in [0.05, 0.1) is 5.69 Å². The number of anilines is 1. The monoisotopic (exact) mass is 277 g/mol. The molecule has 1 aromatic rings. The van der Waals surface area contributed by atoms with Crippen molar-refractivity contribution in [3.63, 3.8) is 0 Å². The number of ketones is 1. The Morgan fingerprint density at radius 1 is 1.30 bits per heavy atom. The maximum Gasteiger partial charge on any atom is 0.412 e. The molecular weight excluding hydrogens is 258 g/mol. The summed E-state index contributed by atoms with van der Waals surface area (Å²) in [6.07, 6.45) is 2.28. The number of carbonyl (C=O) groups excluding carboxylic acids is 2. The van der Waals surface area contributed by atoms with Crippen molar-refractivity contribution in [1.82, 2.24) is 0 Å². The number of allylic oxidation sites excluding steroid dienone is 1. The number of ether oxygens (including phenoxy) is 1. The molecule has 0 fully saturated rings. The van der Waals surface area contributed by atoms with Crippen LogP contribution in [0.25, 0.3) is 6.08 Å². The van der Waals surface area contributed by atoms with Gasteiger partial charge in [-0.2, -0.15) is 0 Å². The molecule has 1 rings (SSSR count). The SMILES string of the molecule is CC(=O)/C=C/c1cc(O)ccc1NC(=O)OC(C)(C)C. The summed E-state index contributed by atoms with van der Waals surface area (Å²) >= 11 is 0. The zero-order valence-electron chi connectivity index (χ0n) is 12.1. The van der Waals surface area contributed by atoms with Gasteiger partial charge in [-0.05, 0) is 58.0 Å². The number of hydrogen-bond donors (Lipinski definition) is 2. The van der Waals surface area contributed by atoms with E-state index in [-0.39, 0.29) is 11.5 Å². The number of amides is 1. The highest BCUT2D eigenvalue weighted by molar-refractivity contribution is 5.94. The third kappa shape index (κ3) is 5.56. The van der Waals surface area contributed by atoms with Crippen LogP contribution in [-0.2, 0) is 9.53 Å². The van der Waals surface area contributed by atoms with Crippen LogP contribution in [-0.4, -0.2) is 22.6 Å². The van der Waals surface area contributed by atoms with Gasteiger partial charge in [0.15, 0.2) is 5.78 Å². The Hall–Kier alpha value is -2.30. The number of phenolic OH excluding ortho intramolecular Hbond substituents is 1. The minimum absolute atomic E-state index is 0.0444. The maximum atomic E-state index is 11.7. The third-order valence-electron chi connectivity index (χ3n) is 2.17. The Bertz CT molecular complexity index is 541. The molecule has 5 heteroatoms. The van der Waals surface area contributed by atoms with E-state index in [1.807, 2.05) is 0 Å². The Morgan fingerprint density at radius 2 is 1.95 bits per heavy atom. The Kier molecular flexibility index (Phi) is 4.91. The summed E-state index contributed by atoms with van der Waals surface area (Å²) in [5.41, 5.74) is 0.372. The van der Waals surface area contributed by atoms with Crippen molar-refractivity contribution in [3.8, 4) is 5.75 Å². The average Bonchev–Trinajstić information content (AvgIpc) is 2.26. The largest absolute Gasteiger partial charge is 0.508 e. The zero-order chi connectivity index (χ0) is 15.3. The summed E-state index contributed by atoms with van der Waals surface area (Å²) in [7, 11) is 0.